The van der Waals surface area contributed by atoms with Gasteiger partial charge in [0.1, 0.15) is 6.10 Å². The van der Waals surface area contributed by atoms with Crippen LogP contribution < -0.4 is 5.32 Å². The summed E-state index contributed by atoms with van der Waals surface area (Å²) in [5, 5.41) is 4.14. The summed E-state index contributed by atoms with van der Waals surface area (Å²) < 4.78 is 9.56. The number of hydrogen-bond donors (Lipinski definition) is 1. The quantitative estimate of drug-likeness (QED) is 0.814. The molecule has 0 aliphatic rings. The van der Waals surface area contributed by atoms with Crippen LogP contribution in [0.5, 0.6) is 0 Å². The van der Waals surface area contributed by atoms with Gasteiger partial charge in [0.15, 0.2) is 5.82 Å². The maximum absolute atomic E-state index is 5.28. The minimum atomic E-state index is 0.0239. The Bertz CT molecular complexity index is 284. The van der Waals surface area contributed by atoms with E-state index >= 15 is 0 Å². The summed E-state index contributed by atoms with van der Waals surface area (Å²) in [6, 6.07) is 0. The standard InChI is InChI=1S/C10H19N3OS/c1-5-8(14-4)9-12-10(15-13-9)11-6-7(2)3/h7-8H,5-6H2,1-4H3,(H,11,12,13). The van der Waals surface area contributed by atoms with Gasteiger partial charge in [0.2, 0.25) is 5.13 Å². The Morgan fingerprint density at radius 1 is 1.47 bits per heavy atom. The fraction of sp³-hybridized carbons (Fsp3) is 0.800. The molecule has 0 aliphatic heterocycles. The van der Waals surface area contributed by atoms with Gasteiger partial charge in [-0.15, -0.1) is 0 Å². The van der Waals surface area contributed by atoms with Crippen LogP contribution in [0.25, 0.3) is 0 Å². The highest BCUT2D eigenvalue weighted by molar-refractivity contribution is 7.09. The number of anilines is 1. The van der Waals surface area contributed by atoms with Gasteiger partial charge in [-0.3, -0.25) is 0 Å². The fourth-order valence-electron chi connectivity index (χ4n) is 1.18. The molecule has 0 bridgehead atoms. The van der Waals surface area contributed by atoms with Gasteiger partial charge in [-0.2, -0.15) is 4.37 Å². The SMILES string of the molecule is CCC(OC)c1nsc(NCC(C)C)n1. The van der Waals surface area contributed by atoms with Crippen molar-refractivity contribution in [2.24, 2.45) is 5.92 Å². The van der Waals surface area contributed by atoms with Crippen LogP contribution in [0.3, 0.4) is 0 Å². The molecular formula is C10H19N3OS. The third kappa shape index (κ3) is 3.76. The van der Waals surface area contributed by atoms with Gasteiger partial charge in [0.25, 0.3) is 0 Å². The van der Waals surface area contributed by atoms with Crippen LogP contribution in [-0.4, -0.2) is 23.0 Å². The number of nitrogens with zero attached hydrogens (tertiary/aromatic N) is 2. The lowest BCUT2D eigenvalue weighted by atomic mass is 10.2. The molecule has 1 N–H and O–H groups in total. The fourth-order valence-corrected chi connectivity index (χ4v) is 1.80. The van der Waals surface area contributed by atoms with Crippen molar-refractivity contribution in [3.63, 3.8) is 0 Å². The number of nitrogens with one attached hydrogen (secondary N) is 1. The van der Waals surface area contributed by atoms with Crippen molar-refractivity contribution in [2.45, 2.75) is 33.3 Å². The molecule has 0 fully saturated rings. The lowest BCUT2D eigenvalue weighted by Gasteiger charge is -2.07. The van der Waals surface area contributed by atoms with Crippen LogP contribution in [0, 0.1) is 5.92 Å². The first-order chi connectivity index (χ1) is 7.17. The maximum Gasteiger partial charge on any atom is 0.202 e. The van der Waals surface area contributed by atoms with Crippen molar-refractivity contribution in [3.8, 4) is 0 Å². The molecule has 1 heterocycles. The van der Waals surface area contributed by atoms with Crippen LogP contribution in [0.2, 0.25) is 0 Å². The van der Waals surface area contributed by atoms with Gasteiger partial charge in [-0.05, 0) is 12.3 Å². The average Bonchev–Trinajstić information content (AvgIpc) is 2.65. The second-order valence-corrected chi connectivity index (χ2v) is 4.62. The molecule has 0 amide bonds. The van der Waals surface area contributed by atoms with E-state index in [9.17, 15) is 0 Å². The average molecular weight is 229 g/mol. The second kappa shape index (κ2) is 6.02. The minimum Gasteiger partial charge on any atom is -0.373 e. The van der Waals surface area contributed by atoms with Crippen molar-refractivity contribution < 1.29 is 4.74 Å². The summed E-state index contributed by atoms with van der Waals surface area (Å²) in [4.78, 5) is 4.40. The first kappa shape index (κ1) is 12.4. The van der Waals surface area contributed by atoms with E-state index in [4.69, 9.17) is 4.74 Å². The van der Waals surface area contributed by atoms with Gasteiger partial charge in [-0.1, -0.05) is 20.8 Å². The largest absolute Gasteiger partial charge is 0.373 e. The van der Waals surface area contributed by atoms with Crippen molar-refractivity contribution in [1.82, 2.24) is 9.36 Å². The highest BCUT2D eigenvalue weighted by Gasteiger charge is 2.13. The molecule has 1 aromatic heterocycles. The number of hydrogen-bond acceptors (Lipinski definition) is 5. The van der Waals surface area contributed by atoms with Crippen molar-refractivity contribution in [3.05, 3.63) is 5.82 Å². The Kier molecular flexibility index (Phi) is 4.98. The van der Waals surface area contributed by atoms with Crippen LogP contribution in [0.15, 0.2) is 0 Å². The van der Waals surface area contributed by atoms with E-state index in [1.54, 1.807) is 7.11 Å². The van der Waals surface area contributed by atoms with E-state index in [1.807, 2.05) is 0 Å². The summed E-state index contributed by atoms with van der Waals surface area (Å²) >= 11 is 1.40. The van der Waals surface area contributed by atoms with Crippen LogP contribution in [0.4, 0.5) is 5.13 Å². The molecule has 0 aliphatic carbocycles. The van der Waals surface area contributed by atoms with E-state index in [0.29, 0.717) is 5.92 Å². The smallest absolute Gasteiger partial charge is 0.202 e. The summed E-state index contributed by atoms with van der Waals surface area (Å²) in [6.45, 7) is 7.33. The molecular weight excluding hydrogens is 210 g/mol. The zero-order valence-corrected chi connectivity index (χ0v) is 10.6. The molecule has 0 aromatic carbocycles. The first-order valence-electron chi connectivity index (χ1n) is 5.27. The van der Waals surface area contributed by atoms with Crippen LogP contribution in [0.1, 0.15) is 39.1 Å². The van der Waals surface area contributed by atoms with Gasteiger partial charge >= 0.3 is 0 Å². The molecule has 1 aromatic rings. The molecule has 1 atom stereocenters. The Balaban J connectivity index is 2.55. The molecule has 15 heavy (non-hydrogen) atoms. The monoisotopic (exact) mass is 229 g/mol. The van der Waals surface area contributed by atoms with Crippen LogP contribution >= 0.6 is 11.5 Å². The predicted molar refractivity (Wildman–Crippen MR) is 63.3 cm³/mol. The van der Waals surface area contributed by atoms with E-state index in [-0.39, 0.29) is 6.10 Å². The molecule has 1 unspecified atom stereocenters. The zero-order chi connectivity index (χ0) is 11.3. The molecule has 1 rings (SSSR count). The maximum atomic E-state index is 5.28. The lowest BCUT2D eigenvalue weighted by molar-refractivity contribution is 0.0937. The van der Waals surface area contributed by atoms with Crippen molar-refractivity contribution >= 4 is 16.7 Å². The highest BCUT2D eigenvalue weighted by Crippen LogP contribution is 2.21. The Morgan fingerprint density at radius 3 is 2.73 bits per heavy atom. The zero-order valence-electron chi connectivity index (χ0n) is 9.78. The van der Waals surface area contributed by atoms with E-state index in [2.05, 4.69) is 35.4 Å². The molecule has 0 spiro atoms. The molecule has 4 nitrogen and oxygen atoms in total. The topological polar surface area (TPSA) is 47.0 Å². The van der Waals surface area contributed by atoms with Gasteiger partial charge < -0.3 is 10.1 Å². The molecule has 0 radical (unpaired) electrons. The summed E-state index contributed by atoms with van der Waals surface area (Å²) in [7, 11) is 1.69. The second-order valence-electron chi connectivity index (χ2n) is 3.87. The van der Waals surface area contributed by atoms with E-state index in [1.165, 1.54) is 11.5 Å². The normalized spacial score (nSPS) is 13.1. The number of ether oxygens (including phenoxy) is 1. The molecule has 0 saturated carbocycles. The third-order valence-corrected chi connectivity index (χ3v) is 2.73. The number of rotatable bonds is 6. The Hall–Kier alpha value is -0.680. The summed E-state index contributed by atoms with van der Waals surface area (Å²) in [5.74, 6) is 1.40. The third-order valence-electron chi connectivity index (χ3n) is 2.05. The minimum absolute atomic E-state index is 0.0239. The van der Waals surface area contributed by atoms with E-state index < -0.39 is 0 Å². The highest BCUT2D eigenvalue weighted by atomic mass is 32.1. The van der Waals surface area contributed by atoms with Gasteiger partial charge in [0, 0.05) is 25.2 Å². The van der Waals surface area contributed by atoms with Crippen LogP contribution in [-0.2, 0) is 4.74 Å². The molecule has 0 saturated heterocycles. The van der Waals surface area contributed by atoms with Crippen molar-refractivity contribution in [2.75, 3.05) is 19.0 Å². The van der Waals surface area contributed by atoms with E-state index in [0.717, 1.165) is 23.9 Å². The summed E-state index contributed by atoms with van der Waals surface area (Å²) in [5.41, 5.74) is 0. The first-order valence-corrected chi connectivity index (χ1v) is 6.05. The summed E-state index contributed by atoms with van der Waals surface area (Å²) in [6.07, 6.45) is 0.924. The Labute approximate surface area is 95.2 Å². The van der Waals surface area contributed by atoms with Crippen molar-refractivity contribution in [1.29, 1.82) is 0 Å². The molecule has 5 heteroatoms. The number of methoxy groups -OCH3 is 1. The van der Waals surface area contributed by atoms with Gasteiger partial charge in [0.05, 0.1) is 0 Å². The Morgan fingerprint density at radius 2 is 2.20 bits per heavy atom. The molecule has 86 valence electrons. The lowest BCUT2D eigenvalue weighted by Crippen LogP contribution is -2.08. The number of aromatic nitrogens is 2. The van der Waals surface area contributed by atoms with Gasteiger partial charge in [-0.25, -0.2) is 4.98 Å². The predicted octanol–water partition coefficient (Wildman–Crippen LogP) is 2.70.